The van der Waals surface area contributed by atoms with Gasteiger partial charge in [-0.2, -0.15) is 0 Å². The Kier molecular flexibility index (Phi) is 5.10. The molecule has 0 radical (unpaired) electrons. The zero-order chi connectivity index (χ0) is 17.8. The smallest absolute Gasteiger partial charge is 0.248 e. The van der Waals surface area contributed by atoms with Crippen LogP contribution in [-0.4, -0.2) is 26.6 Å². The molecule has 2 aromatic rings. The highest BCUT2D eigenvalue weighted by Gasteiger charge is 2.11. The SMILES string of the molecule is CN(C)c1ccccc1NC(=O)/C=C/C1=Cc2cc(Cl)ccc2OC1. The fourth-order valence-corrected chi connectivity index (χ4v) is 2.77. The van der Waals surface area contributed by atoms with Gasteiger partial charge in [-0.1, -0.05) is 29.8 Å². The molecule has 0 aromatic heterocycles. The van der Waals surface area contributed by atoms with Gasteiger partial charge in [0.15, 0.2) is 0 Å². The average Bonchev–Trinajstić information content (AvgIpc) is 2.60. The summed E-state index contributed by atoms with van der Waals surface area (Å²) in [5.74, 6) is 0.609. The van der Waals surface area contributed by atoms with E-state index in [9.17, 15) is 4.79 Å². The molecule has 1 aliphatic heterocycles. The number of ether oxygens (including phenoxy) is 1. The van der Waals surface area contributed by atoms with Crippen LogP contribution in [0.2, 0.25) is 5.02 Å². The standard InChI is InChI=1S/C20H19ClN2O2/c1-23(2)18-6-4-3-5-17(18)22-20(24)10-7-14-11-15-12-16(21)8-9-19(15)25-13-14/h3-12H,13H2,1-2H3,(H,22,24)/b10-7+. The van der Waals surface area contributed by atoms with E-state index in [2.05, 4.69) is 5.32 Å². The van der Waals surface area contributed by atoms with Crippen molar-refractivity contribution in [1.29, 1.82) is 0 Å². The Morgan fingerprint density at radius 1 is 1.24 bits per heavy atom. The molecule has 0 saturated carbocycles. The van der Waals surface area contributed by atoms with Crippen molar-refractivity contribution in [3.05, 3.63) is 70.8 Å². The number of nitrogens with one attached hydrogen (secondary N) is 1. The van der Waals surface area contributed by atoms with Gasteiger partial charge in [-0.25, -0.2) is 0 Å². The van der Waals surface area contributed by atoms with Crippen LogP contribution in [0.5, 0.6) is 5.75 Å². The molecular formula is C20H19ClN2O2. The lowest BCUT2D eigenvalue weighted by atomic mass is 10.1. The molecule has 1 amide bonds. The third kappa shape index (κ3) is 4.22. The number of carbonyl (C=O) groups is 1. The highest BCUT2D eigenvalue weighted by Crippen LogP contribution is 2.29. The Labute approximate surface area is 152 Å². The van der Waals surface area contributed by atoms with E-state index in [0.717, 1.165) is 28.3 Å². The number of carbonyl (C=O) groups excluding carboxylic acids is 1. The number of fused-ring (bicyclic) bond motifs is 1. The van der Waals surface area contributed by atoms with Gasteiger partial charge in [-0.05, 0) is 42.0 Å². The normalized spacial score (nSPS) is 13.0. The van der Waals surface area contributed by atoms with Crippen molar-refractivity contribution >= 4 is 35.0 Å². The van der Waals surface area contributed by atoms with Crippen molar-refractivity contribution in [1.82, 2.24) is 0 Å². The molecule has 1 N–H and O–H groups in total. The highest BCUT2D eigenvalue weighted by atomic mass is 35.5. The van der Waals surface area contributed by atoms with Gasteiger partial charge in [0.2, 0.25) is 5.91 Å². The third-order valence-corrected chi connectivity index (χ3v) is 4.03. The molecule has 25 heavy (non-hydrogen) atoms. The van der Waals surface area contributed by atoms with Gasteiger partial charge < -0.3 is 15.0 Å². The summed E-state index contributed by atoms with van der Waals surface area (Å²) in [7, 11) is 3.88. The topological polar surface area (TPSA) is 41.6 Å². The van der Waals surface area contributed by atoms with Crippen molar-refractivity contribution in [3.8, 4) is 5.75 Å². The summed E-state index contributed by atoms with van der Waals surface area (Å²) in [6, 6.07) is 13.2. The van der Waals surface area contributed by atoms with Gasteiger partial charge >= 0.3 is 0 Å². The molecule has 0 spiro atoms. The van der Waals surface area contributed by atoms with E-state index in [1.807, 2.05) is 61.5 Å². The second-order valence-electron chi connectivity index (χ2n) is 5.92. The van der Waals surface area contributed by atoms with E-state index in [1.54, 1.807) is 12.1 Å². The lowest BCUT2D eigenvalue weighted by Crippen LogP contribution is -2.15. The number of halogens is 1. The van der Waals surface area contributed by atoms with Crippen molar-refractivity contribution < 1.29 is 9.53 Å². The van der Waals surface area contributed by atoms with E-state index in [1.165, 1.54) is 6.08 Å². The Morgan fingerprint density at radius 2 is 2.04 bits per heavy atom. The summed E-state index contributed by atoms with van der Waals surface area (Å²) in [5, 5.41) is 3.56. The molecule has 3 rings (SSSR count). The molecule has 0 bridgehead atoms. The van der Waals surface area contributed by atoms with Crippen LogP contribution in [0.15, 0.2) is 60.2 Å². The Morgan fingerprint density at radius 3 is 2.84 bits per heavy atom. The van der Waals surface area contributed by atoms with Gasteiger partial charge in [0.05, 0.1) is 11.4 Å². The van der Waals surface area contributed by atoms with Crippen LogP contribution in [0.4, 0.5) is 11.4 Å². The van der Waals surface area contributed by atoms with Gasteiger partial charge in [-0.15, -0.1) is 0 Å². The monoisotopic (exact) mass is 354 g/mol. The van der Waals surface area contributed by atoms with Crippen molar-refractivity contribution in [2.75, 3.05) is 30.9 Å². The zero-order valence-corrected chi connectivity index (χ0v) is 14.9. The van der Waals surface area contributed by atoms with Gasteiger partial charge in [-0.3, -0.25) is 4.79 Å². The minimum absolute atomic E-state index is 0.188. The van der Waals surface area contributed by atoms with E-state index in [-0.39, 0.29) is 5.91 Å². The highest BCUT2D eigenvalue weighted by molar-refractivity contribution is 6.30. The maximum Gasteiger partial charge on any atom is 0.248 e. The second-order valence-corrected chi connectivity index (χ2v) is 6.36. The average molecular weight is 355 g/mol. The van der Waals surface area contributed by atoms with Crippen molar-refractivity contribution in [3.63, 3.8) is 0 Å². The fraction of sp³-hybridized carbons (Fsp3) is 0.150. The maximum atomic E-state index is 12.2. The molecule has 0 unspecified atom stereocenters. The Bertz CT molecular complexity index is 857. The minimum atomic E-state index is -0.188. The number of nitrogens with zero attached hydrogens (tertiary/aromatic N) is 1. The molecule has 0 atom stereocenters. The number of benzene rings is 2. The summed E-state index contributed by atoms with van der Waals surface area (Å²) in [4.78, 5) is 14.2. The summed E-state index contributed by atoms with van der Waals surface area (Å²) in [6.07, 6.45) is 5.25. The molecule has 0 fully saturated rings. The van der Waals surface area contributed by atoms with E-state index in [0.29, 0.717) is 11.6 Å². The first-order chi connectivity index (χ1) is 12.0. The quantitative estimate of drug-likeness (QED) is 0.828. The number of anilines is 2. The Balaban J connectivity index is 1.72. The van der Waals surface area contributed by atoms with Crippen LogP contribution < -0.4 is 15.0 Å². The fourth-order valence-electron chi connectivity index (χ4n) is 2.59. The first-order valence-corrected chi connectivity index (χ1v) is 8.29. The number of para-hydroxylation sites is 2. The van der Waals surface area contributed by atoms with E-state index >= 15 is 0 Å². The number of hydrogen-bond acceptors (Lipinski definition) is 3. The third-order valence-electron chi connectivity index (χ3n) is 3.80. The van der Waals surface area contributed by atoms with Gasteiger partial charge in [0.25, 0.3) is 0 Å². The number of hydrogen-bond donors (Lipinski definition) is 1. The first kappa shape index (κ1) is 17.1. The van der Waals surface area contributed by atoms with Crippen molar-refractivity contribution in [2.45, 2.75) is 0 Å². The predicted octanol–water partition coefficient (Wildman–Crippen LogP) is 4.38. The van der Waals surface area contributed by atoms with Gasteiger partial charge in [0, 0.05) is 30.8 Å². The summed E-state index contributed by atoms with van der Waals surface area (Å²) >= 11 is 6.01. The molecule has 5 heteroatoms. The first-order valence-electron chi connectivity index (χ1n) is 7.91. The van der Waals surface area contributed by atoms with Gasteiger partial charge in [0.1, 0.15) is 12.4 Å². The van der Waals surface area contributed by atoms with Crippen LogP contribution >= 0.6 is 11.6 Å². The Hall–Kier alpha value is -2.72. The lowest BCUT2D eigenvalue weighted by Gasteiger charge is -2.17. The van der Waals surface area contributed by atoms with E-state index in [4.69, 9.17) is 16.3 Å². The molecule has 4 nitrogen and oxygen atoms in total. The molecule has 1 aliphatic rings. The molecule has 0 saturated heterocycles. The second kappa shape index (κ2) is 7.45. The summed E-state index contributed by atoms with van der Waals surface area (Å²) < 4.78 is 5.68. The molecule has 2 aromatic carbocycles. The lowest BCUT2D eigenvalue weighted by molar-refractivity contribution is -0.111. The molecule has 128 valence electrons. The molecular weight excluding hydrogens is 336 g/mol. The minimum Gasteiger partial charge on any atom is -0.488 e. The van der Waals surface area contributed by atoms with Crippen LogP contribution in [0.1, 0.15) is 5.56 Å². The van der Waals surface area contributed by atoms with Crippen LogP contribution in [0.25, 0.3) is 6.08 Å². The maximum absolute atomic E-state index is 12.2. The summed E-state index contributed by atoms with van der Waals surface area (Å²) in [6.45, 7) is 0.423. The van der Waals surface area contributed by atoms with Crippen molar-refractivity contribution in [2.24, 2.45) is 0 Å². The molecule has 1 heterocycles. The zero-order valence-electron chi connectivity index (χ0n) is 14.1. The number of rotatable bonds is 4. The van der Waals surface area contributed by atoms with Crippen LogP contribution in [0.3, 0.4) is 0 Å². The predicted molar refractivity (Wildman–Crippen MR) is 103 cm³/mol. The number of amides is 1. The largest absolute Gasteiger partial charge is 0.488 e. The summed E-state index contributed by atoms with van der Waals surface area (Å²) in [5.41, 5.74) is 3.55. The van der Waals surface area contributed by atoms with Crippen LogP contribution in [-0.2, 0) is 4.79 Å². The van der Waals surface area contributed by atoms with Crippen LogP contribution in [0, 0.1) is 0 Å². The van der Waals surface area contributed by atoms with E-state index < -0.39 is 0 Å². The molecule has 0 aliphatic carbocycles.